The Bertz CT molecular complexity index is 833. The van der Waals surface area contributed by atoms with E-state index in [-0.39, 0.29) is 5.78 Å². The molecule has 0 unspecified atom stereocenters. The predicted molar refractivity (Wildman–Crippen MR) is 99.4 cm³/mol. The van der Waals surface area contributed by atoms with E-state index in [4.69, 9.17) is 0 Å². The highest BCUT2D eigenvalue weighted by atomic mass is 79.9. The molecular formula is C21H15BrO. The maximum Gasteiger partial charge on any atom is 0.185 e. The smallest absolute Gasteiger partial charge is 0.185 e. The second kappa shape index (κ2) is 7.21. The molecular weight excluding hydrogens is 348 g/mol. The lowest BCUT2D eigenvalue weighted by atomic mass is 10.0. The summed E-state index contributed by atoms with van der Waals surface area (Å²) in [5.74, 6) is -0.00145. The molecule has 1 nitrogen and oxygen atoms in total. The van der Waals surface area contributed by atoms with Gasteiger partial charge in [-0.15, -0.1) is 0 Å². The molecule has 23 heavy (non-hydrogen) atoms. The molecule has 0 aliphatic heterocycles. The normalized spacial score (nSPS) is 10.8. The number of carbonyl (C=O) groups is 1. The third-order valence-electron chi connectivity index (χ3n) is 3.55. The van der Waals surface area contributed by atoms with E-state index in [1.807, 2.05) is 60.7 Å². The molecule has 0 spiro atoms. The monoisotopic (exact) mass is 362 g/mol. The Labute approximate surface area is 144 Å². The minimum Gasteiger partial charge on any atom is -0.289 e. The van der Waals surface area contributed by atoms with Gasteiger partial charge >= 0.3 is 0 Å². The molecule has 3 aromatic carbocycles. The van der Waals surface area contributed by atoms with Crippen LogP contribution in [0.1, 0.15) is 15.9 Å². The van der Waals surface area contributed by atoms with Crippen molar-refractivity contribution in [3.8, 4) is 11.1 Å². The molecule has 0 N–H and O–H groups in total. The van der Waals surface area contributed by atoms with Gasteiger partial charge in [-0.2, -0.15) is 0 Å². The summed E-state index contributed by atoms with van der Waals surface area (Å²) in [7, 11) is 0. The summed E-state index contributed by atoms with van der Waals surface area (Å²) in [4.78, 5) is 12.2. The summed E-state index contributed by atoms with van der Waals surface area (Å²) in [5, 5.41) is 0. The number of hydrogen-bond acceptors (Lipinski definition) is 1. The van der Waals surface area contributed by atoms with E-state index in [0.29, 0.717) is 5.56 Å². The fourth-order valence-electron chi connectivity index (χ4n) is 2.33. The summed E-state index contributed by atoms with van der Waals surface area (Å²) in [6.45, 7) is 0. The third-order valence-corrected chi connectivity index (χ3v) is 4.05. The van der Waals surface area contributed by atoms with Gasteiger partial charge in [0, 0.05) is 10.0 Å². The third kappa shape index (κ3) is 4.05. The minimum atomic E-state index is -0.00145. The van der Waals surface area contributed by atoms with Crippen molar-refractivity contribution in [2.75, 3.05) is 0 Å². The van der Waals surface area contributed by atoms with E-state index in [2.05, 4.69) is 40.2 Å². The van der Waals surface area contributed by atoms with Gasteiger partial charge in [-0.05, 0) is 34.9 Å². The lowest BCUT2D eigenvalue weighted by Crippen LogP contribution is -1.93. The van der Waals surface area contributed by atoms with Crippen molar-refractivity contribution in [3.05, 3.63) is 101 Å². The molecule has 0 aliphatic rings. The standard InChI is InChI=1S/C21H15BrO/c22-20-8-4-7-19(15-20)21(23)14-11-16-9-12-18(13-10-16)17-5-2-1-3-6-17/h1-15H/b14-11+. The van der Waals surface area contributed by atoms with E-state index >= 15 is 0 Å². The number of carbonyl (C=O) groups excluding carboxylic acids is 1. The zero-order chi connectivity index (χ0) is 16.1. The first kappa shape index (κ1) is 15.4. The summed E-state index contributed by atoms with van der Waals surface area (Å²) >= 11 is 3.38. The van der Waals surface area contributed by atoms with Crippen LogP contribution in [0, 0.1) is 0 Å². The molecule has 3 aromatic rings. The van der Waals surface area contributed by atoms with Gasteiger partial charge in [-0.3, -0.25) is 4.79 Å². The van der Waals surface area contributed by atoms with Crippen LogP contribution in [-0.2, 0) is 0 Å². The van der Waals surface area contributed by atoms with Crippen LogP contribution < -0.4 is 0 Å². The SMILES string of the molecule is O=C(/C=C/c1ccc(-c2ccccc2)cc1)c1cccc(Br)c1. The zero-order valence-electron chi connectivity index (χ0n) is 12.4. The van der Waals surface area contributed by atoms with Gasteiger partial charge < -0.3 is 0 Å². The topological polar surface area (TPSA) is 17.1 Å². The quantitative estimate of drug-likeness (QED) is 0.410. The highest BCUT2D eigenvalue weighted by molar-refractivity contribution is 9.10. The predicted octanol–water partition coefficient (Wildman–Crippen LogP) is 6.01. The van der Waals surface area contributed by atoms with Crippen molar-refractivity contribution in [1.82, 2.24) is 0 Å². The van der Waals surface area contributed by atoms with E-state index in [9.17, 15) is 4.79 Å². The fourth-order valence-corrected chi connectivity index (χ4v) is 2.73. The van der Waals surface area contributed by atoms with Crippen LogP contribution in [0.15, 0.2) is 89.4 Å². The highest BCUT2D eigenvalue weighted by Crippen LogP contribution is 2.20. The Morgan fingerprint density at radius 2 is 1.48 bits per heavy atom. The molecule has 2 heteroatoms. The van der Waals surface area contributed by atoms with Crippen molar-refractivity contribution < 1.29 is 4.79 Å². The second-order valence-corrected chi connectivity index (χ2v) is 6.11. The molecule has 0 saturated heterocycles. The van der Waals surface area contributed by atoms with Gasteiger partial charge in [0.25, 0.3) is 0 Å². The molecule has 0 aromatic heterocycles. The number of halogens is 1. The molecule has 0 heterocycles. The lowest BCUT2D eigenvalue weighted by Gasteiger charge is -2.02. The average Bonchev–Trinajstić information content (AvgIpc) is 2.61. The van der Waals surface area contributed by atoms with Crippen LogP contribution >= 0.6 is 15.9 Å². The summed E-state index contributed by atoms with van der Waals surface area (Å²) in [6.07, 6.45) is 3.46. The van der Waals surface area contributed by atoms with Crippen molar-refractivity contribution in [2.24, 2.45) is 0 Å². The first-order chi connectivity index (χ1) is 11.2. The average molecular weight is 363 g/mol. The molecule has 0 amide bonds. The highest BCUT2D eigenvalue weighted by Gasteiger charge is 2.02. The van der Waals surface area contributed by atoms with Gasteiger partial charge in [0.1, 0.15) is 0 Å². The molecule has 0 fully saturated rings. The van der Waals surface area contributed by atoms with Crippen LogP contribution in [0.4, 0.5) is 0 Å². The Kier molecular flexibility index (Phi) is 4.84. The number of ketones is 1. The minimum absolute atomic E-state index is 0.00145. The van der Waals surface area contributed by atoms with Crippen LogP contribution in [0.3, 0.4) is 0 Å². The second-order valence-electron chi connectivity index (χ2n) is 5.20. The van der Waals surface area contributed by atoms with Crippen molar-refractivity contribution in [3.63, 3.8) is 0 Å². The van der Waals surface area contributed by atoms with E-state index in [1.165, 1.54) is 11.1 Å². The van der Waals surface area contributed by atoms with Crippen molar-refractivity contribution in [1.29, 1.82) is 0 Å². The number of allylic oxidation sites excluding steroid dienone is 1. The zero-order valence-corrected chi connectivity index (χ0v) is 14.0. The number of benzene rings is 3. The van der Waals surface area contributed by atoms with Crippen LogP contribution in [0.2, 0.25) is 0 Å². The molecule has 112 valence electrons. The summed E-state index contributed by atoms with van der Waals surface area (Å²) in [6, 6.07) is 25.8. The molecule has 0 radical (unpaired) electrons. The van der Waals surface area contributed by atoms with Crippen LogP contribution in [-0.4, -0.2) is 5.78 Å². The lowest BCUT2D eigenvalue weighted by molar-refractivity contribution is 0.104. The molecule has 0 atom stereocenters. The first-order valence-electron chi connectivity index (χ1n) is 7.36. The van der Waals surface area contributed by atoms with E-state index in [1.54, 1.807) is 6.08 Å². The molecule has 0 aliphatic carbocycles. The van der Waals surface area contributed by atoms with Gasteiger partial charge in [-0.1, -0.05) is 88.7 Å². The Balaban J connectivity index is 1.74. The maximum atomic E-state index is 12.2. The molecule has 0 saturated carbocycles. The van der Waals surface area contributed by atoms with Gasteiger partial charge in [0.05, 0.1) is 0 Å². The Hall–Kier alpha value is -2.45. The molecule has 0 bridgehead atoms. The number of rotatable bonds is 4. The molecule has 3 rings (SSSR count). The number of hydrogen-bond donors (Lipinski definition) is 0. The van der Waals surface area contributed by atoms with Gasteiger partial charge in [0.15, 0.2) is 5.78 Å². The van der Waals surface area contributed by atoms with Crippen molar-refractivity contribution in [2.45, 2.75) is 0 Å². The Morgan fingerprint density at radius 1 is 0.783 bits per heavy atom. The summed E-state index contributed by atoms with van der Waals surface area (Å²) in [5.41, 5.74) is 4.04. The first-order valence-corrected chi connectivity index (χ1v) is 8.15. The van der Waals surface area contributed by atoms with E-state index < -0.39 is 0 Å². The van der Waals surface area contributed by atoms with Crippen LogP contribution in [0.5, 0.6) is 0 Å². The van der Waals surface area contributed by atoms with Gasteiger partial charge in [0.2, 0.25) is 0 Å². The van der Waals surface area contributed by atoms with E-state index in [0.717, 1.165) is 10.0 Å². The van der Waals surface area contributed by atoms with Crippen LogP contribution in [0.25, 0.3) is 17.2 Å². The van der Waals surface area contributed by atoms with Crippen molar-refractivity contribution >= 4 is 27.8 Å². The maximum absolute atomic E-state index is 12.2. The largest absolute Gasteiger partial charge is 0.289 e. The Morgan fingerprint density at radius 3 is 2.17 bits per heavy atom. The fraction of sp³-hybridized carbons (Fsp3) is 0. The van der Waals surface area contributed by atoms with Gasteiger partial charge in [-0.25, -0.2) is 0 Å². The summed E-state index contributed by atoms with van der Waals surface area (Å²) < 4.78 is 0.906.